The van der Waals surface area contributed by atoms with Crippen LogP contribution in [0, 0.1) is 0 Å². The molecule has 0 saturated carbocycles. The lowest BCUT2D eigenvalue weighted by molar-refractivity contribution is -0.139. The molecule has 0 aromatic rings. The van der Waals surface area contributed by atoms with Gasteiger partial charge in [-0.2, -0.15) is 13.5 Å². The maximum Gasteiger partial charge on any atom is 0.418 e. The van der Waals surface area contributed by atoms with Gasteiger partial charge >= 0.3 is 16.4 Å². The van der Waals surface area contributed by atoms with Crippen molar-refractivity contribution in [1.29, 1.82) is 0 Å². The number of amides is 3. The number of carbonyl (C=O) groups excluding carboxylic acids is 2. The van der Waals surface area contributed by atoms with Crippen LogP contribution in [0.3, 0.4) is 0 Å². The Kier molecular flexibility index (Phi) is 6.67. The highest BCUT2D eigenvalue weighted by molar-refractivity contribution is 7.80. The van der Waals surface area contributed by atoms with Crippen LogP contribution < -0.4 is 10.8 Å². The fourth-order valence-corrected chi connectivity index (χ4v) is 5.16. The molecule has 0 radical (unpaired) electrons. The lowest BCUT2D eigenvalue weighted by atomic mass is 10.0. The van der Waals surface area contributed by atoms with E-state index in [0.29, 0.717) is 30.6 Å². The number of rotatable bonds is 7. The minimum Gasteiger partial charge on any atom is -0.310 e. The molecule has 0 aromatic heterocycles. The largest absolute Gasteiger partial charge is 0.418 e. The molecule has 1 unspecified atom stereocenters. The summed E-state index contributed by atoms with van der Waals surface area (Å²) < 4.78 is 35.1. The lowest BCUT2D eigenvalue weighted by Crippen LogP contribution is -2.50. The van der Waals surface area contributed by atoms with Crippen molar-refractivity contribution in [1.82, 2.24) is 30.6 Å². The van der Waals surface area contributed by atoms with E-state index in [1.54, 1.807) is 0 Å². The summed E-state index contributed by atoms with van der Waals surface area (Å²) in [6.07, 6.45) is 1.65. The fraction of sp³-hybridized carbons (Fsp3) is 0.882. The Morgan fingerprint density at radius 2 is 1.97 bits per heavy atom. The van der Waals surface area contributed by atoms with Crippen molar-refractivity contribution in [2.24, 2.45) is 0 Å². The van der Waals surface area contributed by atoms with Gasteiger partial charge in [0.15, 0.2) is 0 Å². The molecule has 4 aliphatic heterocycles. The highest BCUT2D eigenvalue weighted by Gasteiger charge is 2.49. The van der Waals surface area contributed by atoms with Crippen molar-refractivity contribution in [2.75, 3.05) is 52.9 Å². The Morgan fingerprint density at radius 3 is 2.68 bits per heavy atom. The van der Waals surface area contributed by atoms with Gasteiger partial charge in [-0.3, -0.25) is 19.1 Å². The molecule has 0 aromatic carbocycles. The first-order valence-electron chi connectivity index (χ1n) is 10.6. The van der Waals surface area contributed by atoms with Gasteiger partial charge in [0.25, 0.3) is 5.91 Å². The standard InChI is InChI=1S/C17H30N6O7S/c1-20-4-6-21(7-5-20)14-8-12(18-9-14)11-29-19-16(24)15-3-2-13-10-22(15)17(25)23(13)30-31(26,27)28/h12-15,18H,2-11H2,1H3,(H,19,24)(H,26,27,28)/t12?,13-,14-,15+/m1/s1. The predicted octanol–water partition coefficient (Wildman–Crippen LogP) is -1.98. The minimum absolute atomic E-state index is 0.132. The summed E-state index contributed by atoms with van der Waals surface area (Å²) in [6.45, 7) is 5.59. The van der Waals surface area contributed by atoms with Gasteiger partial charge in [-0.25, -0.2) is 10.3 Å². The van der Waals surface area contributed by atoms with Gasteiger partial charge in [0.2, 0.25) is 0 Å². The monoisotopic (exact) mass is 462 g/mol. The Bertz CT molecular complexity index is 790. The number of piperidine rings is 1. The molecule has 0 aliphatic carbocycles. The van der Waals surface area contributed by atoms with Gasteiger partial charge in [0.1, 0.15) is 6.04 Å². The van der Waals surface area contributed by atoms with Gasteiger partial charge in [0, 0.05) is 51.4 Å². The molecule has 3 amide bonds. The average molecular weight is 463 g/mol. The molecule has 4 saturated heterocycles. The van der Waals surface area contributed by atoms with Crippen LogP contribution >= 0.6 is 0 Å². The van der Waals surface area contributed by atoms with Crippen LogP contribution in [-0.4, -0.2) is 122 Å². The van der Waals surface area contributed by atoms with Crippen molar-refractivity contribution in [3.8, 4) is 0 Å². The first-order chi connectivity index (χ1) is 14.7. The topological polar surface area (TPSA) is 144 Å². The number of hydrogen-bond acceptors (Lipinski definition) is 9. The number of hydrogen-bond donors (Lipinski definition) is 3. The number of urea groups is 1. The Hall–Kier alpha value is -1.55. The summed E-state index contributed by atoms with van der Waals surface area (Å²) in [7, 11) is -2.69. The number of nitrogens with zero attached hydrogens (tertiary/aromatic N) is 4. The van der Waals surface area contributed by atoms with Crippen molar-refractivity contribution < 1.29 is 31.7 Å². The summed E-state index contributed by atoms with van der Waals surface area (Å²) in [5.41, 5.74) is 2.43. The van der Waals surface area contributed by atoms with Gasteiger partial charge < -0.3 is 15.1 Å². The Balaban J connectivity index is 1.21. The van der Waals surface area contributed by atoms with Crippen molar-refractivity contribution in [2.45, 2.75) is 43.4 Å². The molecule has 4 fully saturated rings. The molecular weight excluding hydrogens is 432 g/mol. The predicted molar refractivity (Wildman–Crippen MR) is 107 cm³/mol. The van der Waals surface area contributed by atoms with Crippen LogP contribution in [0.2, 0.25) is 0 Å². The van der Waals surface area contributed by atoms with E-state index in [2.05, 4.69) is 31.9 Å². The molecule has 31 heavy (non-hydrogen) atoms. The molecule has 4 atom stereocenters. The zero-order valence-electron chi connectivity index (χ0n) is 17.5. The third-order valence-corrected chi connectivity index (χ3v) is 6.86. The van der Waals surface area contributed by atoms with E-state index in [9.17, 15) is 18.0 Å². The Labute approximate surface area is 181 Å². The highest BCUT2D eigenvalue weighted by atomic mass is 32.3. The summed E-state index contributed by atoms with van der Waals surface area (Å²) in [4.78, 5) is 36.4. The van der Waals surface area contributed by atoms with Gasteiger partial charge in [0.05, 0.1) is 12.6 Å². The molecule has 3 N–H and O–H groups in total. The zero-order chi connectivity index (χ0) is 22.2. The van der Waals surface area contributed by atoms with E-state index in [1.807, 2.05) is 0 Å². The second-order valence-electron chi connectivity index (χ2n) is 8.62. The molecular formula is C17H30N6O7S. The summed E-state index contributed by atoms with van der Waals surface area (Å²) in [5, 5.41) is 4.05. The number of nitrogens with one attached hydrogen (secondary N) is 2. The van der Waals surface area contributed by atoms with Gasteiger partial charge in [-0.05, 0) is 26.3 Å². The maximum absolute atomic E-state index is 12.5. The first kappa shape index (κ1) is 22.6. The SMILES string of the molecule is CN1CCN([C@H]2CNC(CONC(=O)[C@@H]3CC[C@@H]4CN3C(=O)N4OS(=O)(=O)O)C2)CC1. The van der Waals surface area contributed by atoms with Crippen LogP contribution in [0.25, 0.3) is 0 Å². The molecule has 176 valence electrons. The van der Waals surface area contributed by atoms with E-state index in [4.69, 9.17) is 9.39 Å². The van der Waals surface area contributed by atoms with Crippen molar-refractivity contribution in [3.63, 3.8) is 0 Å². The Morgan fingerprint density at radius 1 is 1.23 bits per heavy atom. The van der Waals surface area contributed by atoms with E-state index in [-0.39, 0.29) is 12.6 Å². The van der Waals surface area contributed by atoms with E-state index in [0.717, 1.165) is 39.1 Å². The molecule has 2 bridgehead atoms. The quantitative estimate of drug-likeness (QED) is 0.287. The van der Waals surface area contributed by atoms with Crippen LogP contribution in [-0.2, 0) is 24.3 Å². The zero-order valence-corrected chi connectivity index (χ0v) is 18.3. The summed E-state index contributed by atoms with van der Waals surface area (Å²) >= 11 is 0. The number of fused-ring (bicyclic) bond motifs is 2. The third kappa shape index (κ3) is 5.27. The second-order valence-corrected chi connectivity index (χ2v) is 9.63. The van der Waals surface area contributed by atoms with E-state index < -0.39 is 34.4 Å². The van der Waals surface area contributed by atoms with Crippen LogP contribution in [0.5, 0.6) is 0 Å². The highest BCUT2D eigenvalue weighted by Crippen LogP contribution is 2.30. The van der Waals surface area contributed by atoms with E-state index >= 15 is 0 Å². The second kappa shape index (κ2) is 9.13. The molecule has 0 spiro atoms. The number of piperazine rings is 1. The van der Waals surface area contributed by atoms with E-state index in [1.165, 1.54) is 4.90 Å². The lowest BCUT2D eigenvalue weighted by Gasteiger charge is -2.36. The molecule has 4 heterocycles. The first-order valence-corrected chi connectivity index (χ1v) is 11.9. The van der Waals surface area contributed by atoms with Crippen LogP contribution in [0.1, 0.15) is 19.3 Å². The summed E-state index contributed by atoms with van der Waals surface area (Å²) in [6, 6.07) is -1.49. The number of carbonyl (C=O) groups is 2. The summed E-state index contributed by atoms with van der Waals surface area (Å²) in [5.74, 6) is -0.464. The number of likely N-dealkylation sites (N-methyl/N-ethyl adjacent to an activating group) is 1. The average Bonchev–Trinajstić information content (AvgIpc) is 3.27. The molecule has 14 heteroatoms. The van der Waals surface area contributed by atoms with Gasteiger partial charge in [-0.1, -0.05) is 0 Å². The van der Waals surface area contributed by atoms with Crippen molar-refractivity contribution >= 4 is 22.3 Å². The molecule has 4 rings (SSSR count). The van der Waals surface area contributed by atoms with Gasteiger partial charge in [-0.15, -0.1) is 4.28 Å². The molecule has 13 nitrogen and oxygen atoms in total. The number of hydroxylamine groups is 3. The minimum atomic E-state index is -4.82. The van der Waals surface area contributed by atoms with Crippen molar-refractivity contribution in [3.05, 3.63) is 0 Å². The molecule has 4 aliphatic rings. The van der Waals surface area contributed by atoms with Crippen LogP contribution in [0.4, 0.5) is 4.79 Å². The maximum atomic E-state index is 12.5. The third-order valence-electron chi connectivity index (χ3n) is 6.51. The normalized spacial score (nSPS) is 32.6. The smallest absolute Gasteiger partial charge is 0.310 e. The van der Waals surface area contributed by atoms with Crippen LogP contribution in [0.15, 0.2) is 0 Å². The fourth-order valence-electron chi connectivity index (χ4n) is 4.78.